The molecule has 4 bridgehead atoms. The second kappa shape index (κ2) is 8.52. The summed E-state index contributed by atoms with van der Waals surface area (Å²) in [6.07, 6.45) is 9.65. The highest BCUT2D eigenvalue weighted by atomic mass is 16.5. The van der Waals surface area contributed by atoms with Crippen molar-refractivity contribution in [3.63, 3.8) is 0 Å². The molecule has 1 aliphatic heterocycles. The standard InChI is InChI=1S/C27H34N4O3/c1-33-23-4-3-17(10-24(23)34-2)14-31-6-5-21-22(15-31)28-16-29-25(21)30-26(32)27-11-18-7-19(12-27)9-20(8-18)13-27/h3-4,10,16,18-20H,5-9,11-15H2,1-2H3,(H,28,29,30,32). The van der Waals surface area contributed by atoms with Crippen LogP contribution in [0.1, 0.15) is 55.3 Å². The Labute approximate surface area is 201 Å². The van der Waals surface area contributed by atoms with Crippen molar-refractivity contribution in [3.05, 3.63) is 41.3 Å². The number of aromatic nitrogens is 2. The minimum Gasteiger partial charge on any atom is -0.493 e. The molecule has 0 unspecified atom stereocenters. The van der Waals surface area contributed by atoms with Gasteiger partial charge in [0.15, 0.2) is 11.5 Å². The van der Waals surface area contributed by atoms with Gasteiger partial charge in [0, 0.05) is 25.2 Å². The van der Waals surface area contributed by atoms with Gasteiger partial charge in [0.25, 0.3) is 0 Å². The maximum absolute atomic E-state index is 13.6. The molecule has 2 aromatic rings. The van der Waals surface area contributed by atoms with E-state index in [9.17, 15) is 4.79 Å². The number of benzene rings is 1. The van der Waals surface area contributed by atoms with Gasteiger partial charge in [-0.3, -0.25) is 9.69 Å². The van der Waals surface area contributed by atoms with Crippen molar-refractivity contribution in [2.45, 2.75) is 58.0 Å². The van der Waals surface area contributed by atoms with Crippen LogP contribution in [0.2, 0.25) is 0 Å². The van der Waals surface area contributed by atoms with Crippen molar-refractivity contribution in [2.75, 3.05) is 26.1 Å². The highest BCUT2D eigenvalue weighted by Gasteiger charge is 2.54. The number of hydrogen-bond acceptors (Lipinski definition) is 6. The van der Waals surface area contributed by atoms with Crippen LogP contribution >= 0.6 is 0 Å². The molecule has 7 heteroatoms. The average Bonchev–Trinajstić information content (AvgIpc) is 2.83. The van der Waals surface area contributed by atoms with Crippen molar-refractivity contribution >= 4 is 11.7 Å². The molecule has 4 fully saturated rings. The van der Waals surface area contributed by atoms with E-state index in [1.54, 1.807) is 20.5 Å². The van der Waals surface area contributed by atoms with Gasteiger partial charge in [-0.25, -0.2) is 9.97 Å². The topological polar surface area (TPSA) is 76.6 Å². The second-order valence-corrected chi connectivity index (χ2v) is 10.9. The second-order valence-electron chi connectivity index (χ2n) is 10.9. The monoisotopic (exact) mass is 462 g/mol. The number of ether oxygens (including phenoxy) is 2. The molecular formula is C27H34N4O3. The molecule has 2 heterocycles. The van der Waals surface area contributed by atoms with Gasteiger partial charge in [-0.1, -0.05) is 6.07 Å². The summed E-state index contributed by atoms with van der Waals surface area (Å²) in [5.41, 5.74) is 3.12. The summed E-state index contributed by atoms with van der Waals surface area (Å²) in [7, 11) is 3.31. The molecule has 7 rings (SSSR count). The number of anilines is 1. The number of amides is 1. The third kappa shape index (κ3) is 3.84. The van der Waals surface area contributed by atoms with Crippen molar-refractivity contribution < 1.29 is 14.3 Å². The largest absolute Gasteiger partial charge is 0.493 e. The molecule has 4 saturated carbocycles. The van der Waals surface area contributed by atoms with Gasteiger partial charge in [-0.2, -0.15) is 0 Å². The van der Waals surface area contributed by atoms with Gasteiger partial charge < -0.3 is 14.8 Å². The van der Waals surface area contributed by atoms with Crippen molar-refractivity contribution in [3.8, 4) is 11.5 Å². The molecule has 4 aliphatic carbocycles. The Bertz CT molecular complexity index is 1070. The summed E-state index contributed by atoms with van der Waals surface area (Å²) in [5.74, 6) is 4.68. The summed E-state index contributed by atoms with van der Waals surface area (Å²) < 4.78 is 10.8. The van der Waals surface area contributed by atoms with E-state index < -0.39 is 0 Å². The van der Waals surface area contributed by atoms with Gasteiger partial charge in [0.1, 0.15) is 12.1 Å². The van der Waals surface area contributed by atoms with Gasteiger partial charge in [-0.05, 0) is 80.4 Å². The highest BCUT2D eigenvalue weighted by molar-refractivity contribution is 5.95. The quantitative estimate of drug-likeness (QED) is 0.693. The van der Waals surface area contributed by atoms with E-state index in [2.05, 4.69) is 26.3 Å². The molecule has 0 radical (unpaired) electrons. The van der Waals surface area contributed by atoms with E-state index in [-0.39, 0.29) is 11.3 Å². The maximum Gasteiger partial charge on any atom is 0.231 e. The van der Waals surface area contributed by atoms with Gasteiger partial charge in [0.05, 0.1) is 25.3 Å². The van der Waals surface area contributed by atoms with Gasteiger partial charge in [-0.15, -0.1) is 0 Å². The van der Waals surface area contributed by atoms with Crippen LogP contribution in [-0.2, 0) is 24.3 Å². The first-order valence-corrected chi connectivity index (χ1v) is 12.6. The fraction of sp³-hybridized carbons (Fsp3) is 0.593. The summed E-state index contributed by atoms with van der Waals surface area (Å²) in [5, 5.41) is 3.28. The first kappa shape index (κ1) is 21.8. The van der Waals surface area contributed by atoms with Crippen LogP contribution in [0.4, 0.5) is 5.82 Å². The predicted octanol–water partition coefficient (Wildman–Crippen LogP) is 4.21. The van der Waals surface area contributed by atoms with Crippen LogP contribution in [0, 0.1) is 23.2 Å². The van der Waals surface area contributed by atoms with E-state index in [0.29, 0.717) is 0 Å². The van der Waals surface area contributed by atoms with E-state index in [1.165, 1.54) is 24.8 Å². The van der Waals surface area contributed by atoms with Crippen molar-refractivity contribution in [2.24, 2.45) is 23.2 Å². The fourth-order valence-corrected chi connectivity index (χ4v) is 7.52. The zero-order valence-corrected chi connectivity index (χ0v) is 20.2. The minimum atomic E-state index is -0.166. The third-order valence-corrected chi connectivity index (χ3v) is 8.69. The molecule has 1 amide bonds. The van der Waals surface area contributed by atoms with Crippen molar-refractivity contribution in [1.29, 1.82) is 0 Å². The van der Waals surface area contributed by atoms with E-state index in [0.717, 1.165) is 91.6 Å². The lowest BCUT2D eigenvalue weighted by molar-refractivity contribution is -0.140. The molecular weight excluding hydrogens is 428 g/mol. The molecule has 1 N–H and O–H groups in total. The number of carbonyl (C=O) groups is 1. The third-order valence-electron chi connectivity index (χ3n) is 8.69. The molecule has 7 nitrogen and oxygen atoms in total. The molecule has 0 atom stereocenters. The molecule has 180 valence electrons. The van der Waals surface area contributed by atoms with E-state index in [1.807, 2.05) is 12.1 Å². The number of carbonyl (C=O) groups excluding carboxylic acids is 1. The lowest BCUT2D eigenvalue weighted by atomic mass is 9.49. The van der Waals surface area contributed by atoms with E-state index in [4.69, 9.17) is 9.47 Å². The van der Waals surface area contributed by atoms with Gasteiger partial charge in [0.2, 0.25) is 5.91 Å². The van der Waals surface area contributed by atoms with Gasteiger partial charge >= 0.3 is 0 Å². The summed E-state index contributed by atoms with van der Waals surface area (Å²) in [6, 6.07) is 6.06. The van der Waals surface area contributed by atoms with Crippen LogP contribution in [0.25, 0.3) is 0 Å². The number of fused-ring (bicyclic) bond motifs is 1. The predicted molar refractivity (Wildman–Crippen MR) is 129 cm³/mol. The molecule has 0 spiro atoms. The normalized spacial score (nSPS) is 29.5. The molecule has 0 saturated heterocycles. The fourth-order valence-electron chi connectivity index (χ4n) is 7.52. The highest BCUT2D eigenvalue weighted by Crippen LogP contribution is 2.60. The number of nitrogens with zero attached hydrogens (tertiary/aromatic N) is 3. The molecule has 1 aromatic heterocycles. The first-order valence-electron chi connectivity index (χ1n) is 12.6. The zero-order valence-electron chi connectivity index (χ0n) is 20.2. The first-order chi connectivity index (χ1) is 16.5. The molecule has 34 heavy (non-hydrogen) atoms. The molecule has 5 aliphatic rings. The summed E-state index contributed by atoms with van der Waals surface area (Å²) in [4.78, 5) is 25.0. The van der Waals surface area contributed by atoms with Crippen LogP contribution in [-0.4, -0.2) is 41.5 Å². The van der Waals surface area contributed by atoms with Crippen molar-refractivity contribution in [1.82, 2.24) is 14.9 Å². The SMILES string of the molecule is COc1ccc(CN2CCc3c(ncnc3NC(=O)C34CC5CC(CC(C5)C3)C4)C2)cc1OC. The lowest BCUT2D eigenvalue weighted by Crippen LogP contribution is -2.52. The number of nitrogens with one attached hydrogen (secondary N) is 1. The summed E-state index contributed by atoms with van der Waals surface area (Å²) >= 11 is 0. The molecule has 1 aromatic carbocycles. The van der Waals surface area contributed by atoms with Crippen LogP contribution < -0.4 is 14.8 Å². The smallest absolute Gasteiger partial charge is 0.231 e. The summed E-state index contributed by atoms with van der Waals surface area (Å²) in [6.45, 7) is 2.44. The number of methoxy groups -OCH3 is 2. The Morgan fingerprint density at radius 3 is 2.44 bits per heavy atom. The van der Waals surface area contributed by atoms with Crippen LogP contribution in [0.3, 0.4) is 0 Å². The Morgan fingerprint density at radius 2 is 1.76 bits per heavy atom. The minimum absolute atomic E-state index is 0.166. The number of rotatable bonds is 6. The lowest BCUT2D eigenvalue weighted by Gasteiger charge is -2.55. The van der Waals surface area contributed by atoms with E-state index >= 15 is 0 Å². The zero-order chi connectivity index (χ0) is 23.3. The van der Waals surface area contributed by atoms with Crippen LogP contribution in [0.15, 0.2) is 24.5 Å². The Hall–Kier alpha value is -2.67. The Kier molecular flexibility index (Phi) is 5.47. The Morgan fingerprint density at radius 1 is 1.06 bits per heavy atom. The Balaban J connectivity index is 1.16. The average molecular weight is 463 g/mol. The number of hydrogen-bond donors (Lipinski definition) is 1. The van der Waals surface area contributed by atoms with Crippen LogP contribution in [0.5, 0.6) is 11.5 Å². The maximum atomic E-state index is 13.6.